The number of amides is 5. The molecule has 4 atom stereocenters. The Morgan fingerprint density at radius 2 is 1.21 bits per heavy atom. The molecule has 12 N–H and O–H groups in total. The summed E-state index contributed by atoms with van der Waals surface area (Å²) in [5, 5.41) is 28.3. The van der Waals surface area contributed by atoms with Crippen molar-refractivity contribution in [3.05, 3.63) is 0 Å². The molecule has 0 fully saturated rings. The highest BCUT2D eigenvalue weighted by atomic mass is 16.4. The van der Waals surface area contributed by atoms with Crippen molar-refractivity contribution in [3.8, 4) is 0 Å². The van der Waals surface area contributed by atoms with E-state index in [4.69, 9.17) is 27.4 Å². The van der Waals surface area contributed by atoms with Gasteiger partial charge in [0.05, 0.1) is 0 Å². The van der Waals surface area contributed by atoms with Gasteiger partial charge in [0.15, 0.2) is 5.96 Å². The molecule has 244 valence electrons. The lowest BCUT2D eigenvalue weighted by Gasteiger charge is -2.25. The summed E-state index contributed by atoms with van der Waals surface area (Å²) in [5.74, 6) is -6.48. The smallest absolute Gasteiger partial charge is 0.303 e. The van der Waals surface area contributed by atoms with Crippen LogP contribution in [0.1, 0.15) is 78.1 Å². The number of carbonyl (C=O) groups excluding carboxylic acids is 5. The quantitative estimate of drug-likeness (QED) is 0.0346. The molecule has 0 bridgehead atoms. The number of primary amides is 1. The lowest BCUT2D eigenvalue weighted by molar-refractivity contribution is -0.140. The molecular formula is C26H46N8O9. The monoisotopic (exact) mass is 614 g/mol. The van der Waals surface area contributed by atoms with Gasteiger partial charge in [-0.2, -0.15) is 0 Å². The first kappa shape index (κ1) is 38.6. The maximum Gasteiger partial charge on any atom is 0.303 e. The zero-order valence-corrected chi connectivity index (χ0v) is 24.7. The molecule has 0 aliphatic heterocycles. The van der Waals surface area contributed by atoms with Gasteiger partial charge in [0, 0.05) is 38.3 Å². The number of nitrogens with zero attached hydrogens (tertiary/aromatic N) is 1. The number of unbranched alkanes of at least 4 members (excludes halogenated alkanes) is 1. The van der Waals surface area contributed by atoms with E-state index in [2.05, 4.69) is 26.3 Å². The summed E-state index contributed by atoms with van der Waals surface area (Å²) in [6.07, 6.45) is 0.696. The third-order valence-electron chi connectivity index (χ3n) is 6.32. The third-order valence-corrected chi connectivity index (χ3v) is 6.32. The molecule has 0 aromatic carbocycles. The van der Waals surface area contributed by atoms with Crippen molar-refractivity contribution in [1.82, 2.24) is 21.3 Å². The Balaban J connectivity index is 5.48. The van der Waals surface area contributed by atoms with E-state index in [1.165, 1.54) is 0 Å². The van der Waals surface area contributed by atoms with E-state index in [1.807, 2.05) is 0 Å². The minimum absolute atomic E-state index is 0.0532. The predicted molar refractivity (Wildman–Crippen MR) is 155 cm³/mol. The van der Waals surface area contributed by atoms with E-state index < -0.39 is 72.5 Å². The molecule has 0 aromatic rings. The number of nitrogens with one attached hydrogen (secondary N) is 4. The highest BCUT2D eigenvalue weighted by molar-refractivity contribution is 5.94. The summed E-state index contributed by atoms with van der Waals surface area (Å²) >= 11 is 0. The second-order valence-corrected chi connectivity index (χ2v) is 10.00. The Morgan fingerprint density at radius 1 is 0.698 bits per heavy atom. The molecule has 0 aliphatic carbocycles. The zero-order chi connectivity index (χ0) is 32.9. The first-order valence-electron chi connectivity index (χ1n) is 14.1. The molecule has 5 amide bonds. The molecule has 0 saturated carbocycles. The van der Waals surface area contributed by atoms with Gasteiger partial charge in [0.1, 0.15) is 18.1 Å². The fourth-order valence-corrected chi connectivity index (χ4v) is 3.78. The molecule has 17 heteroatoms. The number of guanidine groups is 1. The molecule has 17 nitrogen and oxygen atoms in total. The molecule has 0 radical (unpaired) electrons. The maximum atomic E-state index is 13.1. The fourth-order valence-electron chi connectivity index (χ4n) is 3.78. The van der Waals surface area contributed by atoms with Crippen molar-refractivity contribution < 1.29 is 43.8 Å². The molecular weight excluding hydrogens is 568 g/mol. The average molecular weight is 615 g/mol. The molecule has 0 heterocycles. The van der Waals surface area contributed by atoms with Gasteiger partial charge >= 0.3 is 11.9 Å². The van der Waals surface area contributed by atoms with Crippen LogP contribution in [-0.2, 0) is 33.6 Å². The van der Waals surface area contributed by atoms with Crippen LogP contribution < -0.4 is 38.5 Å². The Kier molecular flexibility index (Phi) is 19.1. The fraction of sp³-hybridized carbons (Fsp3) is 0.692. The first-order valence-corrected chi connectivity index (χ1v) is 14.1. The Bertz CT molecular complexity index is 1000. The van der Waals surface area contributed by atoms with E-state index in [-0.39, 0.29) is 44.1 Å². The van der Waals surface area contributed by atoms with E-state index in [1.54, 1.807) is 13.8 Å². The molecule has 0 aliphatic rings. The van der Waals surface area contributed by atoms with E-state index >= 15 is 0 Å². The number of carbonyl (C=O) groups is 7. The lowest BCUT2D eigenvalue weighted by atomic mass is 10.0. The summed E-state index contributed by atoms with van der Waals surface area (Å²) in [6.45, 7) is 3.97. The summed E-state index contributed by atoms with van der Waals surface area (Å²) in [7, 11) is 0. The van der Waals surface area contributed by atoms with Crippen molar-refractivity contribution in [2.75, 3.05) is 13.1 Å². The van der Waals surface area contributed by atoms with Crippen LogP contribution in [0.3, 0.4) is 0 Å². The van der Waals surface area contributed by atoms with Crippen molar-refractivity contribution in [1.29, 1.82) is 0 Å². The highest BCUT2D eigenvalue weighted by Crippen LogP contribution is 2.10. The second kappa shape index (κ2) is 21.3. The normalized spacial score (nSPS) is 13.3. The van der Waals surface area contributed by atoms with Gasteiger partial charge in [-0.3, -0.25) is 38.6 Å². The number of hydrogen-bond donors (Lipinski definition) is 9. The SMILES string of the molecule is CCC(=O)NCCCC[C@H](C)C(=O)N[C@@H](CCC(=O)O)C(=O)N[C@@H](CCC(=O)O)C(=O)N[C@@H](CCCN=C(N)N)C(N)=O. The van der Waals surface area contributed by atoms with Gasteiger partial charge < -0.3 is 48.7 Å². The van der Waals surface area contributed by atoms with Crippen LogP contribution >= 0.6 is 0 Å². The van der Waals surface area contributed by atoms with Crippen LogP contribution in [0.5, 0.6) is 0 Å². The molecule has 0 rings (SSSR count). The van der Waals surface area contributed by atoms with Gasteiger partial charge in [-0.15, -0.1) is 0 Å². The Labute approximate surface area is 250 Å². The van der Waals surface area contributed by atoms with Gasteiger partial charge in [-0.25, -0.2) is 0 Å². The summed E-state index contributed by atoms with van der Waals surface area (Å²) in [4.78, 5) is 88.3. The standard InChI is InChI=1S/C26H46N8O9/c1-3-19(35)30-13-5-4-7-15(2)23(41)33-17(9-11-20(36)37)25(43)34-18(10-12-21(38)39)24(42)32-16(22(27)40)8-6-14-31-26(28)29/h15-18H,3-14H2,1-2H3,(H2,27,40)(H,30,35)(H,32,42)(H,33,41)(H,34,43)(H,36,37)(H,38,39)(H4,28,29,31)/t15-,16-,17-,18-/m0/s1. The van der Waals surface area contributed by atoms with Gasteiger partial charge in [0.2, 0.25) is 29.5 Å². The number of aliphatic imine (C=N–C) groups is 1. The number of nitrogens with two attached hydrogens (primary N) is 3. The number of carboxylic acids is 2. The Hall–Kier alpha value is -4.44. The topological polar surface area (TPSA) is 298 Å². The highest BCUT2D eigenvalue weighted by Gasteiger charge is 2.30. The van der Waals surface area contributed by atoms with Crippen LogP contribution in [0.25, 0.3) is 0 Å². The number of hydrogen-bond acceptors (Lipinski definition) is 8. The molecule has 0 saturated heterocycles. The van der Waals surface area contributed by atoms with Crippen LogP contribution in [0.2, 0.25) is 0 Å². The second-order valence-electron chi connectivity index (χ2n) is 10.00. The van der Waals surface area contributed by atoms with E-state index in [0.717, 1.165) is 0 Å². The molecule has 0 spiro atoms. The largest absolute Gasteiger partial charge is 0.481 e. The molecule has 0 unspecified atom stereocenters. The van der Waals surface area contributed by atoms with Crippen LogP contribution in [0.4, 0.5) is 0 Å². The zero-order valence-electron chi connectivity index (χ0n) is 24.7. The van der Waals surface area contributed by atoms with Gasteiger partial charge in [-0.1, -0.05) is 20.3 Å². The van der Waals surface area contributed by atoms with Gasteiger partial charge in [0.25, 0.3) is 0 Å². The van der Waals surface area contributed by atoms with Crippen LogP contribution in [-0.4, -0.2) is 88.9 Å². The number of carboxylic acid groups (broad SMARTS) is 2. The Morgan fingerprint density at radius 3 is 1.67 bits per heavy atom. The van der Waals surface area contributed by atoms with Crippen molar-refractivity contribution in [2.45, 2.75) is 96.2 Å². The predicted octanol–water partition coefficient (Wildman–Crippen LogP) is -1.96. The maximum absolute atomic E-state index is 13.1. The van der Waals surface area contributed by atoms with E-state index in [0.29, 0.717) is 32.2 Å². The molecule has 43 heavy (non-hydrogen) atoms. The number of aliphatic carboxylic acids is 2. The molecule has 0 aromatic heterocycles. The van der Waals surface area contributed by atoms with Gasteiger partial charge in [-0.05, 0) is 38.5 Å². The first-order chi connectivity index (χ1) is 20.2. The van der Waals surface area contributed by atoms with Crippen molar-refractivity contribution in [3.63, 3.8) is 0 Å². The minimum atomic E-state index is -1.44. The number of rotatable bonds is 23. The van der Waals surface area contributed by atoms with Crippen molar-refractivity contribution >= 4 is 47.4 Å². The summed E-state index contributed by atoms with van der Waals surface area (Å²) in [5.41, 5.74) is 15.9. The summed E-state index contributed by atoms with van der Waals surface area (Å²) < 4.78 is 0. The lowest BCUT2D eigenvalue weighted by Crippen LogP contribution is -2.56. The van der Waals surface area contributed by atoms with E-state index in [9.17, 15) is 33.6 Å². The minimum Gasteiger partial charge on any atom is -0.481 e. The third kappa shape index (κ3) is 18.6. The van der Waals surface area contributed by atoms with Crippen LogP contribution in [0, 0.1) is 5.92 Å². The van der Waals surface area contributed by atoms with Crippen molar-refractivity contribution in [2.24, 2.45) is 28.1 Å². The summed E-state index contributed by atoms with van der Waals surface area (Å²) in [6, 6.07) is -3.96. The average Bonchev–Trinajstić information content (AvgIpc) is 2.93. The van der Waals surface area contributed by atoms with Crippen LogP contribution in [0.15, 0.2) is 4.99 Å².